The number of hydrogen-bond donors (Lipinski definition) is 2. The van der Waals surface area contributed by atoms with Gasteiger partial charge in [0.1, 0.15) is 0 Å². The molecule has 110 valence electrons. The van der Waals surface area contributed by atoms with Gasteiger partial charge in [-0.25, -0.2) is 13.1 Å². The van der Waals surface area contributed by atoms with Crippen LogP contribution in [0.5, 0.6) is 0 Å². The highest BCUT2D eigenvalue weighted by molar-refractivity contribution is 7.88. The maximum atomic E-state index is 10.9. The third kappa shape index (κ3) is 5.71. The Hall–Kier alpha value is -0.920. The molecule has 0 amide bonds. The van der Waals surface area contributed by atoms with Gasteiger partial charge in [-0.3, -0.25) is 4.68 Å². The first-order valence-electron chi connectivity index (χ1n) is 6.28. The summed E-state index contributed by atoms with van der Waals surface area (Å²) in [5, 5.41) is 7.71. The Kier molecular flexibility index (Phi) is 5.11. The number of hydrogen-bond acceptors (Lipinski definition) is 4. The molecule has 0 aliphatic heterocycles. The predicted octanol–water partition coefficient (Wildman–Crippen LogP) is 0.356. The van der Waals surface area contributed by atoms with Crippen LogP contribution in [0.15, 0.2) is 6.20 Å². The van der Waals surface area contributed by atoms with Crippen molar-refractivity contribution in [3.8, 4) is 0 Å². The van der Waals surface area contributed by atoms with Crippen LogP contribution in [0, 0.1) is 0 Å². The van der Waals surface area contributed by atoms with E-state index in [4.69, 9.17) is 0 Å². The van der Waals surface area contributed by atoms with E-state index >= 15 is 0 Å². The lowest BCUT2D eigenvalue weighted by atomic mass is 9.89. The molecule has 0 unspecified atom stereocenters. The molecule has 0 atom stereocenters. The van der Waals surface area contributed by atoms with E-state index in [1.807, 2.05) is 17.9 Å². The molecule has 1 rings (SSSR count). The van der Waals surface area contributed by atoms with Crippen molar-refractivity contribution in [3.05, 3.63) is 17.5 Å². The van der Waals surface area contributed by atoms with Crippen LogP contribution in [0.25, 0.3) is 0 Å². The molecule has 0 saturated carbocycles. The van der Waals surface area contributed by atoms with Gasteiger partial charge >= 0.3 is 0 Å². The Morgan fingerprint density at radius 3 is 2.47 bits per heavy atom. The Morgan fingerprint density at radius 1 is 1.32 bits per heavy atom. The zero-order chi connectivity index (χ0) is 14.7. The van der Waals surface area contributed by atoms with Gasteiger partial charge in [-0.1, -0.05) is 20.8 Å². The van der Waals surface area contributed by atoms with Gasteiger partial charge < -0.3 is 5.32 Å². The molecule has 0 aliphatic rings. The lowest BCUT2D eigenvalue weighted by Crippen LogP contribution is -2.31. The third-order valence-corrected chi connectivity index (χ3v) is 3.32. The predicted molar refractivity (Wildman–Crippen MR) is 76.5 cm³/mol. The molecule has 0 bridgehead atoms. The Morgan fingerprint density at radius 2 is 1.95 bits per heavy atom. The lowest BCUT2D eigenvalue weighted by molar-refractivity contribution is 0.543. The monoisotopic (exact) mass is 288 g/mol. The van der Waals surface area contributed by atoms with Crippen LogP contribution in [0.4, 0.5) is 0 Å². The van der Waals surface area contributed by atoms with Gasteiger partial charge in [-0.15, -0.1) is 0 Å². The van der Waals surface area contributed by atoms with Crippen LogP contribution in [0.3, 0.4) is 0 Å². The molecule has 19 heavy (non-hydrogen) atoms. The number of aromatic nitrogens is 2. The highest BCUT2D eigenvalue weighted by Crippen LogP contribution is 2.23. The van der Waals surface area contributed by atoms with E-state index in [1.165, 1.54) is 0 Å². The highest BCUT2D eigenvalue weighted by Gasteiger charge is 2.21. The number of nitrogens with one attached hydrogen (secondary N) is 2. The minimum Gasteiger partial charge on any atom is -0.311 e. The Balaban J connectivity index is 2.50. The van der Waals surface area contributed by atoms with Crippen LogP contribution in [-0.2, 0) is 29.0 Å². The first kappa shape index (κ1) is 16.1. The fourth-order valence-corrected chi connectivity index (χ4v) is 2.32. The molecular formula is C12H24N4O2S. The summed E-state index contributed by atoms with van der Waals surface area (Å²) >= 11 is 0. The molecule has 0 aliphatic carbocycles. The van der Waals surface area contributed by atoms with Gasteiger partial charge in [0.05, 0.1) is 11.9 Å². The third-order valence-electron chi connectivity index (χ3n) is 2.60. The summed E-state index contributed by atoms with van der Waals surface area (Å²) in [6.07, 6.45) is 3.16. The maximum Gasteiger partial charge on any atom is 0.208 e. The molecule has 7 heteroatoms. The van der Waals surface area contributed by atoms with Crippen LogP contribution in [0.2, 0.25) is 0 Å². The Labute approximate surface area is 115 Å². The molecule has 1 aromatic rings. The number of aryl methyl sites for hydroxylation is 1. The van der Waals surface area contributed by atoms with Crippen molar-refractivity contribution in [2.24, 2.45) is 7.05 Å². The van der Waals surface area contributed by atoms with Gasteiger partial charge in [0.25, 0.3) is 0 Å². The summed E-state index contributed by atoms with van der Waals surface area (Å²) in [5.41, 5.74) is 2.22. The van der Waals surface area contributed by atoms with Crippen LogP contribution in [0.1, 0.15) is 32.0 Å². The standard InChI is InChI=1S/C12H24N4O2S/c1-12(2,3)11-10(9-16(4)15-11)8-13-6-7-14-19(5,17)18/h9,13-14H,6-8H2,1-5H3. The minimum absolute atomic E-state index is 0.00326. The first-order valence-corrected chi connectivity index (χ1v) is 8.17. The zero-order valence-electron chi connectivity index (χ0n) is 12.3. The average Bonchev–Trinajstić information content (AvgIpc) is 2.57. The second-order valence-electron chi connectivity index (χ2n) is 5.77. The van der Waals surface area contributed by atoms with E-state index < -0.39 is 10.0 Å². The van der Waals surface area contributed by atoms with Crippen molar-refractivity contribution >= 4 is 10.0 Å². The minimum atomic E-state index is -3.10. The molecule has 1 heterocycles. The van der Waals surface area contributed by atoms with Crippen molar-refractivity contribution in [1.29, 1.82) is 0 Å². The van der Waals surface area contributed by atoms with E-state index in [-0.39, 0.29) is 5.41 Å². The molecule has 0 fully saturated rings. The van der Waals surface area contributed by atoms with Gasteiger partial charge in [-0.2, -0.15) is 5.10 Å². The number of rotatable bonds is 6. The van der Waals surface area contributed by atoms with Crippen molar-refractivity contribution in [2.75, 3.05) is 19.3 Å². The fourth-order valence-electron chi connectivity index (χ4n) is 1.85. The molecule has 1 aromatic heterocycles. The van der Waals surface area contributed by atoms with E-state index in [1.54, 1.807) is 0 Å². The van der Waals surface area contributed by atoms with E-state index in [0.29, 0.717) is 19.6 Å². The first-order chi connectivity index (χ1) is 8.59. The van der Waals surface area contributed by atoms with E-state index in [2.05, 4.69) is 35.9 Å². The SMILES string of the molecule is Cn1cc(CNCCNS(C)(=O)=O)c(C(C)(C)C)n1. The normalized spacial score (nSPS) is 12.9. The summed E-state index contributed by atoms with van der Waals surface area (Å²) < 4.78 is 26.1. The second kappa shape index (κ2) is 6.02. The topological polar surface area (TPSA) is 76.0 Å². The quantitative estimate of drug-likeness (QED) is 0.741. The second-order valence-corrected chi connectivity index (χ2v) is 7.60. The van der Waals surface area contributed by atoms with Crippen molar-refractivity contribution in [1.82, 2.24) is 19.8 Å². The van der Waals surface area contributed by atoms with Crippen molar-refractivity contribution in [3.63, 3.8) is 0 Å². The number of sulfonamides is 1. The Bertz CT molecular complexity index is 514. The smallest absolute Gasteiger partial charge is 0.208 e. The average molecular weight is 288 g/mol. The summed E-state index contributed by atoms with van der Waals surface area (Å²) in [5.74, 6) is 0. The van der Waals surface area contributed by atoms with Gasteiger partial charge in [-0.05, 0) is 0 Å². The molecule has 0 aromatic carbocycles. The summed E-state index contributed by atoms with van der Waals surface area (Å²) in [7, 11) is -1.20. The van der Waals surface area contributed by atoms with Crippen molar-refractivity contribution in [2.45, 2.75) is 32.7 Å². The largest absolute Gasteiger partial charge is 0.311 e. The van der Waals surface area contributed by atoms with Crippen molar-refractivity contribution < 1.29 is 8.42 Å². The van der Waals surface area contributed by atoms with E-state index in [9.17, 15) is 8.42 Å². The summed E-state index contributed by atoms with van der Waals surface area (Å²) in [4.78, 5) is 0. The molecule has 6 nitrogen and oxygen atoms in total. The van der Waals surface area contributed by atoms with Gasteiger partial charge in [0.2, 0.25) is 10.0 Å². The van der Waals surface area contributed by atoms with Crippen LogP contribution >= 0.6 is 0 Å². The van der Waals surface area contributed by atoms with Gasteiger partial charge in [0.15, 0.2) is 0 Å². The van der Waals surface area contributed by atoms with Crippen LogP contribution < -0.4 is 10.0 Å². The highest BCUT2D eigenvalue weighted by atomic mass is 32.2. The maximum absolute atomic E-state index is 10.9. The fraction of sp³-hybridized carbons (Fsp3) is 0.750. The molecule has 0 saturated heterocycles. The lowest BCUT2D eigenvalue weighted by Gasteiger charge is -2.17. The molecular weight excluding hydrogens is 264 g/mol. The van der Waals surface area contributed by atoms with Gasteiger partial charge in [0, 0.05) is 43.9 Å². The van der Waals surface area contributed by atoms with Crippen LogP contribution in [-0.4, -0.2) is 37.5 Å². The summed E-state index contributed by atoms with van der Waals surface area (Å²) in [6, 6.07) is 0. The summed E-state index contributed by atoms with van der Waals surface area (Å²) in [6.45, 7) is 8.06. The molecule has 0 radical (unpaired) electrons. The van der Waals surface area contributed by atoms with E-state index in [0.717, 1.165) is 17.5 Å². The zero-order valence-corrected chi connectivity index (χ0v) is 13.1. The molecule has 0 spiro atoms. The number of nitrogens with zero attached hydrogens (tertiary/aromatic N) is 2. The molecule has 2 N–H and O–H groups in total.